The van der Waals surface area contributed by atoms with Crippen LogP contribution in [0.2, 0.25) is 0 Å². The van der Waals surface area contributed by atoms with Crippen molar-refractivity contribution in [3.8, 4) is 0 Å². The number of imidazole rings is 1. The van der Waals surface area contributed by atoms with Gasteiger partial charge in [0.15, 0.2) is 0 Å². The van der Waals surface area contributed by atoms with Crippen molar-refractivity contribution in [3.05, 3.63) is 52.8 Å². The molecule has 0 aliphatic heterocycles. The fraction of sp³-hybridized carbons (Fsp3) is 0.214. The maximum atomic E-state index is 13.1. The third-order valence-electron chi connectivity index (χ3n) is 2.76. The lowest BCUT2D eigenvalue weighted by molar-refractivity contribution is -0.137. The van der Waals surface area contributed by atoms with Crippen LogP contribution in [-0.2, 0) is 12.7 Å². The zero-order valence-electron chi connectivity index (χ0n) is 11.2. The van der Waals surface area contributed by atoms with Gasteiger partial charge in [0.2, 0.25) is 5.95 Å². The molecule has 3 nitrogen and oxygen atoms in total. The second kappa shape index (κ2) is 5.93. The smallest absolute Gasteiger partial charge is 0.325 e. The number of benzene rings is 1. The predicted octanol–water partition coefficient (Wildman–Crippen LogP) is 4.90. The number of aryl methyl sites for hydroxylation is 1. The van der Waals surface area contributed by atoms with Crippen molar-refractivity contribution in [2.45, 2.75) is 19.6 Å². The van der Waals surface area contributed by atoms with Crippen molar-refractivity contribution in [2.75, 3.05) is 5.32 Å². The zero-order chi connectivity index (χ0) is 15.6. The number of hydrogen-bond acceptors (Lipinski definition) is 2. The number of anilines is 2. The molecule has 7 heteroatoms. The molecular weight excluding hydrogens is 347 g/mol. The van der Waals surface area contributed by atoms with Crippen LogP contribution in [0.5, 0.6) is 0 Å². The highest BCUT2D eigenvalue weighted by Gasteiger charge is 2.34. The molecule has 0 aliphatic rings. The average molecular weight is 360 g/mol. The first kappa shape index (κ1) is 15.6. The van der Waals surface area contributed by atoms with E-state index in [1.165, 1.54) is 6.07 Å². The molecule has 0 fully saturated rings. The molecule has 112 valence electrons. The number of halogens is 4. The van der Waals surface area contributed by atoms with E-state index in [0.717, 1.165) is 6.07 Å². The van der Waals surface area contributed by atoms with E-state index in [-0.39, 0.29) is 5.69 Å². The number of nitrogens with zero attached hydrogens (tertiary/aromatic N) is 2. The van der Waals surface area contributed by atoms with E-state index < -0.39 is 11.7 Å². The summed E-state index contributed by atoms with van der Waals surface area (Å²) >= 11 is 3.06. The first-order valence-corrected chi connectivity index (χ1v) is 6.89. The molecule has 0 saturated heterocycles. The molecule has 21 heavy (non-hydrogen) atoms. The number of rotatable bonds is 4. The second-order valence-electron chi connectivity index (χ2n) is 4.46. The maximum Gasteiger partial charge on any atom is 0.418 e. The van der Waals surface area contributed by atoms with Crippen molar-refractivity contribution < 1.29 is 13.2 Å². The highest BCUT2D eigenvalue weighted by atomic mass is 79.9. The standard InChI is InChI=1S/C14H13BrF3N3/c1-3-6-21-8-9(2)19-13(21)20-12-5-4-10(15)7-11(12)14(16,17)18/h3-5,7-8H,1,6H2,2H3,(H,19,20). The third-order valence-corrected chi connectivity index (χ3v) is 3.25. The molecule has 1 N–H and O–H groups in total. The topological polar surface area (TPSA) is 29.9 Å². The second-order valence-corrected chi connectivity index (χ2v) is 5.38. The van der Waals surface area contributed by atoms with Crippen LogP contribution in [0.3, 0.4) is 0 Å². The number of alkyl halides is 3. The van der Waals surface area contributed by atoms with E-state index >= 15 is 0 Å². The van der Waals surface area contributed by atoms with Gasteiger partial charge in [-0.1, -0.05) is 22.0 Å². The summed E-state index contributed by atoms with van der Waals surface area (Å²) in [6.07, 6.45) is -1.05. The van der Waals surface area contributed by atoms with Gasteiger partial charge in [0.1, 0.15) is 0 Å². The summed E-state index contributed by atoms with van der Waals surface area (Å²) in [5, 5.41) is 2.74. The molecule has 0 aliphatic carbocycles. The Kier molecular flexibility index (Phi) is 4.41. The number of aromatic nitrogens is 2. The lowest BCUT2D eigenvalue weighted by atomic mass is 10.1. The van der Waals surface area contributed by atoms with Gasteiger partial charge >= 0.3 is 6.18 Å². The minimum Gasteiger partial charge on any atom is -0.325 e. The third kappa shape index (κ3) is 3.66. The van der Waals surface area contributed by atoms with Gasteiger partial charge in [-0.2, -0.15) is 13.2 Å². The summed E-state index contributed by atoms with van der Waals surface area (Å²) in [5.74, 6) is 0.347. The van der Waals surface area contributed by atoms with Crippen LogP contribution in [-0.4, -0.2) is 9.55 Å². The first-order chi connectivity index (χ1) is 9.81. The molecule has 1 aromatic carbocycles. The van der Waals surface area contributed by atoms with Gasteiger partial charge in [0.05, 0.1) is 16.9 Å². The Morgan fingerprint density at radius 3 is 2.76 bits per heavy atom. The van der Waals surface area contributed by atoms with Crippen LogP contribution in [0.4, 0.5) is 24.8 Å². The summed E-state index contributed by atoms with van der Waals surface area (Å²) in [6.45, 7) is 5.85. The SMILES string of the molecule is C=CCn1cc(C)nc1Nc1ccc(Br)cc1C(F)(F)F. The van der Waals surface area contributed by atoms with Crippen LogP contribution >= 0.6 is 15.9 Å². The highest BCUT2D eigenvalue weighted by molar-refractivity contribution is 9.10. The van der Waals surface area contributed by atoms with Gasteiger partial charge in [-0.3, -0.25) is 0 Å². The normalized spacial score (nSPS) is 11.5. The molecule has 2 rings (SSSR count). The summed E-state index contributed by atoms with van der Waals surface area (Å²) in [7, 11) is 0. The van der Waals surface area contributed by atoms with E-state index in [9.17, 15) is 13.2 Å². The molecule has 1 heterocycles. The summed E-state index contributed by atoms with van der Waals surface area (Å²) in [6, 6.07) is 3.95. The van der Waals surface area contributed by atoms with Crippen molar-refractivity contribution in [1.29, 1.82) is 0 Å². The Morgan fingerprint density at radius 2 is 2.14 bits per heavy atom. The molecule has 0 saturated carbocycles. The molecule has 0 radical (unpaired) electrons. The molecule has 1 aromatic heterocycles. The quantitative estimate of drug-likeness (QED) is 0.786. The van der Waals surface area contributed by atoms with E-state index in [0.29, 0.717) is 22.7 Å². The van der Waals surface area contributed by atoms with E-state index in [2.05, 4.69) is 32.8 Å². The van der Waals surface area contributed by atoms with Crippen molar-refractivity contribution in [1.82, 2.24) is 9.55 Å². The maximum absolute atomic E-state index is 13.1. The van der Waals surface area contributed by atoms with Crippen LogP contribution < -0.4 is 5.32 Å². The largest absolute Gasteiger partial charge is 0.418 e. The number of allylic oxidation sites excluding steroid dienone is 1. The number of hydrogen-bond donors (Lipinski definition) is 1. The first-order valence-electron chi connectivity index (χ1n) is 6.09. The van der Waals surface area contributed by atoms with Gasteiger partial charge < -0.3 is 9.88 Å². The summed E-state index contributed by atoms with van der Waals surface area (Å²) in [4.78, 5) is 4.20. The van der Waals surface area contributed by atoms with Gasteiger partial charge in [0, 0.05) is 17.2 Å². The monoisotopic (exact) mass is 359 g/mol. The Labute approximate surface area is 128 Å². The molecular formula is C14H13BrF3N3. The molecule has 2 aromatic rings. The van der Waals surface area contributed by atoms with E-state index in [1.54, 1.807) is 29.8 Å². The molecule has 0 spiro atoms. The van der Waals surface area contributed by atoms with Crippen LogP contribution in [0.1, 0.15) is 11.3 Å². The molecule has 0 unspecified atom stereocenters. The summed E-state index contributed by atoms with van der Waals surface area (Å²) in [5.41, 5.74) is -0.0747. The Balaban J connectivity index is 2.42. The van der Waals surface area contributed by atoms with E-state index in [1.807, 2.05) is 0 Å². The Morgan fingerprint density at radius 1 is 1.43 bits per heavy atom. The summed E-state index contributed by atoms with van der Waals surface area (Å²) < 4.78 is 41.3. The van der Waals surface area contributed by atoms with Crippen LogP contribution in [0, 0.1) is 6.92 Å². The van der Waals surface area contributed by atoms with Crippen molar-refractivity contribution in [2.24, 2.45) is 0 Å². The van der Waals surface area contributed by atoms with Crippen LogP contribution in [0.15, 0.2) is 41.5 Å². The number of nitrogens with one attached hydrogen (secondary N) is 1. The Bertz CT molecular complexity index is 662. The minimum atomic E-state index is -4.45. The fourth-order valence-electron chi connectivity index (χ4n) is 1.91. The predicted molar refractivity (Wildman–Crippen MR) is 79.6 cm³/mol. The van der Waals surface area contributed by atoms with Crippen LogP contribution in [0.25, 0.3) is 0 Å². The highest BCUT2D eigenvalue weighted by Crippen LogP contribution is 2.37. The molecule has 0 atom stereocenters. The van der Waals surface area contributed by atoms with Crippen molar-refractivity contribution >= 4 is 27.6 Å². The van der Waals surface area contributed by atoms with Gasteiger partial charge in [-0.05, 0) is 25.1 Å². The van der Waals surface area contributed by atoms with E-state index in [4.69, 9.17) is 0 Å². The Hall–Kier alpha value is -1.76. The lowest BCUT2D eigenvalue weighted by Crippen LogP contribution is -2.10. The molecule has 0 amide bonds. The minimum absolute atomic E-state index is 0.0402. The fourth-order valence-corrected chi connectivity index (χ4v) is 2.27. The van der Waals surface area contributed by atoms with Gasteiger partial charge in [-0.25, -0.2) is 4.98 Å². The average Bonchev–Trinajstić information content (AvgIpc) is 2.71. The lowest BCUT2D eigenvalue weighted by Gasteiger charge is -2.15. The van der Waals surface area contributed by atoms with Gasteiger partial charge in [-0.15, -0.1) is 6.58 Å². The van der Waals surface area contributed by atoms with Gasteiger partial charge in [0.25, 0.3) is 0 Å². The van der Waals surface area contributed by atoms with Crippen molar-refractivity contribution in [3.63, 3.8) is 0 Å². The zero-order valence-corrected chi connectivity index (χ0v) is 12.8. The molecule has 0 bridgehead atoms.